The number of aliphatic hydroxyl groups excluding tert-OH is 1. The largest absolute Gasteiger partial charge is 0.444 e. The van der Waals surface area contributed by atoms with E-state index in [0.717, 1.165) is 48.8 Å². The molecule has 3 unspecified atom stereocenters. The Bertz CT molecular complexity index is 891. The normalized spacial score (nSPS) is 16.5. The molecule has 8 heteroatoms. The van der Waals surface area contributed by atoms with Crippen molar-refractivity contribution in [3.05, 3.63) is 34.9 Å². The van der Waals surface area contributed by atoms with Gasteiger partial charge in [-0.3, -0.25) is 9.59 Å². The van der Waals surface area contributed by atoms with Crippen LogP contribution in [0.15, 0.2) is 18.2 Å². The number of benzene rings is 1. The molecular formula is C27H43N3O5. The van der Waals surface area contributed by atoms with Crippen molar-refractivity contribution in [1.29, 1.82) is 0 Å². The molecule has 1 saturated carbocycles. The maximum absolute atomic E-state index is 13.9. The summed E-state index contributed by atoms with van der Waals surface area (Å²) in [5.41, 5.74) is 1.96. The minimum atomic E-state index is -1.22. The molecule has 2 rings (SSSR count). The van der Waals surface area contributed by atoms with Crippen molar-refractivity contribution in [2.45, 2.75) is 110 Å². The van der Waals surface area contributed by atoms with Crippen LogP contribution < -0.4 is 10.6 Å². The van der Waals surface area contributed by atoms with Gasteiger partial charge in [0.1, 0.15) is 17.7 Å². The van der Waals surface area contributed by atoms with E-state index in [2.05, 4.69) is 17.6 Å². The first-order valence-corrected chi connectivity index (χ1v) is 12.7. The number of nitrogens with one attached hydrogen (secondary N) is 2. The molecule has 1 aromatic rings. The number of rotatable bonds is 10. The number of carbonyl (C=O) groups is 3. The van der Waals surface area contributed by atoms with Crippen molar-refractivity contribution in [1.82, 2.24) is 15.5 Å². The van der Waals surface area contributed by atoms with Crippen LogP contribution in [0.25, 0.3) is 0 Å². The van der Waals surface area contributed by atoms with Gasteiger partial charge in [0.15, 0.2) is 0 Å². The second-order valence-corrected chi connectivity index (χ2v) is 10.6. The van der Waals surface area contributed by atoms with E-state index in [1.54, 1.807) is 25.7 Å². The summed E-state index contributed by atoms with van der Waals surface area (Å²) in [6, 6.07) is 3.44. The number of amides is 3. The zero-order valence-corrected chi connectivity index (χ0v) is 22.3. The van der Waals surface area contributed by atoms with Gasteiger partial charge >= 0.3 is 6.09 Å². The highest BCUT2D eigenvalue weighted by atomic mass is 16.6. The van der Waals surface area contributed by atoms with Crippen molar-refractivity contribution in [3.63, 3.8) is 0 Å². The Balaban J connectivity index is 2.48. The molecule has 1 aromatic carbocycles. The van der Waals surface area contributed by atoms with Crippen LogP contribution >= 0.6 is 0 Å². The zero-order chi connectivity index (χ0) is 26.3. The fourth-order valence-corrected chi connectivity index (χ4v) is 4.31. The molecule has 1 aliphatic rings. The average Bonchev–Trinajstić information content (AvgIpc) is 2.71. The maximum Gasteiger partial charge on any atom is 0.408 e. The van der Waals surface area contributed by atoms with E-state index in [1.807, 2.05) is 39.0 Å². The quantitative estimate of drug-likeness (QED) is 0.462. The van der Waals surface area contributed by atoms with Crippen molar-refractivity contribution >= 4 is 17.9 Å². The van der Waals surface area contributed by atoms with Gasteiger partial charge in [0.05, 0.1) is 6.61 Å². The standard InChI is InChI=1S/C27H43N3O5/c1-8-11-18(3)28-24(32)23(21-15-9-12-17(2)19(21)4)30(20-13-10-14-20)25(33)22(16-31)29-26(34)35-27(5,6)7/h9,12,15,18,20,22-23,31H,8,10-11,13-14,16H2,1-7H3,(H,28,32)(H,29,34). The molecule has 0 radical (unpaired) electrons. The Morgan fingerprint density at radius 3 is 2.34 bits per heavy atom. The van der Waals surface area contributed by atoms with Crippen LogP contribution in [0.1, 0.15) is 89.5 Å². The van der Waals surface area contributed by atoms with Crippen LogP contribution in [0.2, 0.25) is 0 Å². The maximum atomic E-state index is 13.9. The number of aliphatic hydroxyl groups is 1. The lowest BCUT2D eigenvalue weighted by molar-refractivity contribution is -0.148. The number of hydrogen-bond donors (Lipinski definition) is 3. The summed E-state index contributed by atoms with van der Waals surface area (Å²) in [7, 11) is 0. The van der Waals surface area contributed by atoms with Gasteiger partial charge in [-0.05, 0) is 83.9 Å². The topological polar surface area (TPSA) is 108 Å². The Kier molecular flexibility index (Phi) is 10.1. The number of carbonyl (C=O) groups excluding carboxylic acids is 3. The second-order valence-electron chi connectivity index (χ2n) is 10.6. The third-order valence-corrected chi connectivity index (χ3v) is 6.47. The Morgan fingerprint density at radius 2 is 1.83 bits per heavy atom. The highest BCUT2D eigenvalue weighted by Crippen LogP contribution is 2.35. The number of alkyl carbamates (subject to hydrolysis) is 1. The molecule has 3 amide bonds. The number of ether oxygens (including phenoxy) is 1. The molecule has 1 fully saturated rings. The Hall–Kier alpha value is -2.61. The molecule has 0 spiro atoms. The molecule has 0 aliphatic heterocycles. The highest BCUT2D eigenvalue weighted by molar-refractivity contribution is 5.93. The highest BCUT2D eigenvalue weighted by Gasteiger charge is 2.42. The first kappa shape index (κ1) is 28.6. The van der Waals surface area contributed by atoms with E-state index in [4.69, 9.17) is 4.74 Å². The van der Waals surface area contributed by atoms with Crippen LogP contribution in [-0.2, 0) is 14.3 Å². The molecule has 3 N–H and O–H groups in total. The van der Waals surface area contributed by atoms with Gasteiger partial charge in [0.2, 0.25) is 11.8 Å². The van der Waals surface area contributed by atoms with Crippen LogP contribution in [0, 0.1) is 13.8 Å². The van der Waals surface area contributed by atoms with E-state index < -0.39 is 36.3 Å². The predicted molar refractivity (Wildman–Crippen MR) is 136 cm³/mol. The third kappa shape index (κ3) is 7.69. The summed E-state index contributed by atoms with van der Waals surface area (Å²) in [6.07, 6.45) is 3.42. The molecule has 0 saturated heterocycles. The van der Waals surface area contributed by atoms with Crippen molar-refractivity contribution in [2.75, 3.05) is 6.61 Å². The summed E-state index contributed by atoms with van der Waals surface area (Å²) >= 11 is 0. The van der Waals surface area contributed by atoms with E-state index >= 15 is 0 Å². The van der Waals surface area contributed by atoms with Crippen molar-refractivity contribution in [2.24, 2.45) is 0 Å². The summed E-state index contributed by atoms with van der Waals surface area (Å²) in [4.78, 5) is 41.6. The number of hydrogen-bond acceptors (Lipinski definition) is 5. The lowest BCUT2D eigenvalue weighted by Crippen LogP contribution is -2.59. The Labute approximate surface area is 209 Å². The molecular weight excluding hydrogens is 446 g/mol. The lowest BCUT2D eigenvalue weighted by Gasteiger charge is -2.44. The summed E-state index contributed by atoms with van der Waals surface area (Å²) < 4.78 is 5.30. The average molecular weight is 490 g/mol. The fourth-order valence-electron chi connectivity index (χ4n) is 4.31. The molecule has 1 aliphatic carbocycles. The van der Waals surface area contributed by atoms with Gasteiger partial charge in [-0.1, -0.05) is 31.5 Å². The van der Waals surface area contributed by atoms with Crippen LogP contribution in [0.5, 0.6) is 0 Å². The first-order chi connectivity index (χ1) is 16.4. The molecule has 8 nitrogen and oxygen atoms in total. The van der Waals surface area contributed by atoms with E-state index in [0.29, 0.717) is 0 Å². The molecule has 35 heavy (non-hydrogen) atoms. The monoisotopic (exact) mass is 489 g/mol. The summed E-state index contributed by atoms with van der Waals surface area (Å²) in [5, 5.41) is 15.6. The predicted octanol–water partition coefficient (Wildman–Crippen LogP) is 3.92. The molecule has 0 bridgehead atoms. The molecule has 196 valence electrons. The lowest BCUT2D eigenvalue weighted by atomic mass is 9.86. The first-order valence-electron chi connectivity index (χ1n) is 12.7. The minimum absolute atomic E-state index is 0.0491. The summed E-state index contributed by atoms with van der Waals surface area (Å²) in [6.45, 7) is 12.5. The van der Waals surface area contributed by atoms with E-state index in [-0.39, 0.29) is 18.0 Å². The van der Waals surface area contributed by atoms with Crippen LogP contribution in [0.3, 0.4) is 0 Å². The molecule has 0 aromatic heterocycles. The molecule has 3 atom stereocenters. The third-order valence-electron chi connectivity index (χ3n) is 6.47. The van der Waals surface area contributed by atoms with E-state index in [1.165, 1.54) is 0 Å². The Morgan fingerprint density at radius 1 is 1.17 bits per heavy atom. The van der Waals surface area contributed by atoms with E-state index in [9.17, 15) is 19.5 Å². The van der Waals surface area contributed by atoms with Gasteiger partial charge in [-0.25, -0.2) is 4.79 Å². The van der Waals surface area contributed by atoms with Gasteiger partial charge in [0, 0.05) is 12.1 Å². The van der Waals surface area contributed by atoms with Gasteiger partial charge in [-0.15, -0.1) is 0 Å². The van der Waals surface area contributed by atoms with Gasteiger partial charge in [0.25, 0.3) is 0 Å². The van der Waals surface area contributed by atoms with Crippen LogP contribution in [-0.4, -0.2) is 58.2 Å². The van der Waals surface area contributed by atoms with Gasteiger partial charge in [-0.2, -0.15) is 0 Å². The number of aryl methyl sites for hydroxylation is 1. The smallest absolute Gasteiger partial charge is 0.408 e. The summed E-state index contributed by atoms with van der Waals surface area (Å²) in [5.74, 6) is -0.749. The van der Waals surface area contributed by atoms with Crippen LogP contribution in [0.4, 0.5) is 4.79 Å². The van der Waals surface area contributed by atoms with Gasteiger partial charge < -0.3 is 25.4 Å². The number of nitrogens with zero attached hydrogens (tertiary/aromatic N) is 1. The SMILES string of the molecule is CCCC(C)NC(=O)C(c1cccc(C)c1C)N(C(=O)C(CO)NC(=O)OC(C)(C)C)C1CCC1. The second kappa shape index (κ2) is 12.4. The zero-order valence-electron chi connectivity index (χ0n) is 22.3. The minimum Gasteiger partial charge on any atom is -0.444 e. The van der Waals surface area contributed by atoms with Crippen molar-refractivity contribution < 1.29 is 24.2 Å². The molecule has 0 heterocycles. The fraction of sp³-hybridized carbons (Fsp3) is 0.667. The van der Waals surface area contributed by atoms with Crippen molar-refractivity contribution in [3.8, 4) is 0 Å².